The van der Waals surface area contributed by atoms with E-state index in [4.69, 9.17) is 4.52 Å². The number of aromatic nitrogens is 2. The first-order chi connectivity index (χ1) is 11.2. The molecule has 5 nitrogen and oxygen atoms in total. The van der Waals surface area contributed by atoms with E-state index in [2.05, 4.69) is 15.5 Å². The molecule has 1 aromatic carbocycles. The third-order valence-corrected chi connectivity index (χ3v) is 3.25. The molecule has 0 spiro atoms. The summed E-state index contributed by atoms with van der Waals surface area (Å²) in [6.07, 6.45) is 3.43. The Labute approximate surface area is 132 Å². The van der Waals surface area contributed by atoms with Crippen LogP contribution in [0.15, 0.2) is 59.4 Å². The molecule has 0 aliphatic rings. The Hall–Kier alpha value is -3.02. The van der Waals surface area contributed by atoms with Gasteiger partial charge in [-0.15, -0.1) is 0 Å². The number of hydrogen-bond acceptors (Lipinski definition) is 4. The van der Waals surface area contributed by atoms with E-state index in [0.29, 0.717) is 23.6 Å². The first-order valence-electron chi connectivity index (χ1n) is 7.08. The van der Waals surface area contributed by atoms with E-state index in [9.17, 15) is 9.18 Å². The Morgan fingerprint density at radius 3 is 2.87 bits per heavy atom. The normalized spacial score (nSPS) is 10.5. The van der Waals surface area contributed by atoms with Gasteiger partial charge in [-0.2, -0.15) is 0 Å². The van der Waals surface area contributed by atoms with Crippen molar-refractivity contribution >= 4 is 5.91 Å². The third-order valence-electron chi connectivity index (χ3n) is 3.25. The Bertz CT molecular complexity index is 802. The zero-order chi connectivity index (χ0) is 16.1. The SMILES string of the molecule is O=C(Cc1cc(-c2ccccc2F)on1)NCc1cccnc1. The van der Waals surface area contributed by atoms with E-state index < -0.39 is 5.82 Å². The molecule has 0 unspecified atom stereocenters. The molecule has 0 aliphatic heterocycles. The van der Waals surface area contributed by atoms with Crippen molar-refractivity contribution in [1.29, 1.82) is 0 Å². The largest absolute Gasteiger partial charge is 0.356 e. The van der Waals surface area contributed by atoms with E-state index in [1.165, 1.54) is 6.07 Å². The van der Waals surface area contributed by atoms with Gasteiger partial charge in [-0.3, -0.25) is 9.78 Å². The number of nitrogens with zero attached hydrogens (tertiary/aromatic N) is 2. The molecule has 2 heterocycles. The molecule has 0 fully saturated rings. The van der Waals surface area contributed by atoms with Crippen LogP contribution in [0.1, 0.15) is 11.3 Å². The summed E-state index contributed by atoms with van der Waals surface area (Å²) in [5, 5.41) is 6.59. The molecule has 3 rings (SSSR count). The summed E-state index contributed by atoms with van der Waals surface area (Å²) in [5.41, 5.74) is 1.68. The van der Waals surface area contributed by atoms with Crippen molar-refractivity contribution in [3.8, 4) is 11.3 Å². The van der Waals surface area contributed by atoms with Crippen molar-refractivity contribution in [3.05, 3.63) is 71.9 Å². The van der Waals surface area contributed by atoms with Crippen LogP contribution in [0, 0.1) is 5.82 Å². The Balaban J connectivity index is 1.61. The first-order valence-corrected chi connectivity index (χ1v) is 7.08. The van der Waals surface area contributed by atoms with Crippen molar-refractivity contribution in [2.24, 2.45) is 0 Å². The maximum absolute atomic E-state index is 13.7. The van der Waals surface area contributed by atoms with E-state index in [-0.39, 0.29) is 12.3 Å². The molecular formula is C17H14FN3O2. The summed E-state index contributed by atoms with van der Waals surface area (Å²) in [6.45, 7) is 0.394. The molecule has 1 N–H and O–H groups in total. The number of pyridine rings is 1. The number of carbonyl (C=O) groups is 1. The second-order valence-corrected chi connectivity index (χ2v) is 4.98. The zero-order valence-electron chi connectivity index (χ0n) is 12.2. The minimum Gasteiger partial charge on any atom is -0.356 e. The summed E-state index contributed by atoms with van der Waals surface area (Å²) >= 11 is 0. The summed E-state index contributed by atoms with van der Waals surface area (Å²) < 4.78 is 18.8. The molecule has 0 aliphatic carbocycles. The lowest BCUT2D eigenvalue weighted by Gasteiger charge is -2.03. The molecule has 6 heteroatoms. The first kappa shape index (κ1) is 14.9. The van der Waals surface area contributed by atoms with Crippen LogP contribution in [0.3, 0.4) is 0 Å². The van der Waals surface area contributed by atoms with Crippen molar-refractivity contribution in [2.75, 3.05) is 0 Å². The fourth-order valence-electron chi connectivity index (χ4n) is 2.11. The highest BCUT2D eigenvalue weighted by Crippen LogP contribution is 2.23. The van der Waals surface area contributed by atoms with Crippen molar-refractivity contribution in [3.63, 3.8) is 0 Å². The van der Waals surface area contributed by atoms with Crippen LogP contribution in [0.5, 0.6) is 0 Å². The van der Waals surface area contributed by atoms with Gasteiger partial charge in [0.25, 0.3) is 0 Å². The van der Waals surface area contributed by atoms with Gasteiger partial charge in [-0.1, -0.05) is 23.4 Å². The molecule has 0 atom stereocenters. The van der Waals surface area contributed by atoms with Crippen LogP contribution in [-0.4, -0.2) is 16.0 Å². The topological polar surface area (TPSA) is 68.0 Å². The number of nitrogens with one attached hydrogen (secondary N) is 1. The van der Waals surface area contributed by atoms with Gasteiger partial charge >= 0.3 is 0 Å². The second-order valence-electron chi connectivity index (χ2n) is 4.98. The quantitative estimate of drug-likeness (QED) is 0.786. The van der Waals surface area contributed by atoms with E-state index >= 15 is 0 Å². The minimum absolute atomic E-state index is 0.0677. The predicted molar refractivity (Wildman–Crippen MR) is 81.7 cm³/mol. The maximum Gasteiger partial charge on any atom is 0.226 e. The lowest BCUT2D eigenvalue weighted by Crippen LogP contribution is -2.24. The van der Waals surface area contributed by atoms with Gasteiger partial charge in [-0.05, 0) is 23.8 Å². The monoisotopic (exact) mass is 311 g/mol. The molecule has 0 radical (unpaired) electrons. The second kappa shape index (κ2) is 6.83. The van der Waals surface area contributed by atoms with Crippen LogP contribution >= 0.6 is 0 Å². The van der Waals surface area contributed by atoms with E-state index in [0.717, 1.165) is 5.56 Å². The van der Waals surface area contributed by atoms with Crippen molar-refractivity contribution in [2.45, 2.75) is 13.0 Å². The van der Waals surface area contributed by atoms with Crippen LogP contribution in [0.25, 0.3) is 11.3 Å². The average Bonchev–Trinajstić information content (AvgIpc) is 3.02. The summed E-state index contributed by atoms with van der Waals surface area (Å²) in [4.78, 5) is 15.9. The fraction of sp³-hybridized carbons (Fsp3) is 0.118. The number of hydrogen-bond donors (Lipinski definition) is 1. The average molecular weight is 311 g/mol. The molecule has 2 aromatic heterocycles. The lowest BCUT2D eigenvalue weighted by atomic mass is 10.1. The van der Waals surface area contributed by atoms with Gasteiger partial charge in [0, 0.05) is 25.0 Å². The number of rotatable bonds is 5. The molecule has 0 bridgehead atoms. The Kier molecular flexibility index (Phi) is 4.42. The summed E-state index contributed by atoms with van der Waals surface area (Å²) in [7, 11) is 0. The van der Waals surface area contributed by atoms with Crippen LogP contribution < -0.4 is 5.32 Å². The Morgan fingerprint density at radius 1 is 1.22 bits per heavy atom. The van der Waals surface area contributed by atoms with Gasteiger partial charge in [0.15, 0.2) is 5.76 Å². The number of amides is 1. The zero-order valence-corrected chi connectivity index (χ0v) is 12.2. The predicted octanol–water partition coefficient (Wildman–Crippen LogP) is 2.73. The van der Waals surface area contributed by atoms with Gasteiger partial charge in [0.1, 0.15) is 5.82 Å². The maximum atomic E-state index is 13.7. The van der Waals surface area contributed by atoms with Gasteiger partial charge in [0.05, 0.1) is 17.7 Å². The van der Waals surface area contributed by atoms with E-state index in [1.807, 2.05) is 6.07 Å². The molecular weight excluding hydrogens is 297 g/mol. The van der Waals surface area contributed by atoms with Crippen LogP contribution in [0.2, 0.25) is 0 Å². The summed E-state index contributed by atoms with van der Waals surface area (Å²) in [6, 6.07) is 11.5. The van der Waals surface area contributed by atoms with E-state index in [1.54, 1.807) is 42.7 Å². The van der Waals surface area contributed by atoms with Crippen molar-refractivity contribution < 1.29 is 13.7 Å². The summed E-state index contributed by atoms with van der Waals surface area (Å²) in [5.74, 6) is -0.281. The van der Waals surface area contributed by atoms with Crippen LogP contribution in [-0.2, 0) is 17.8 Å². The lowest BCUT2D eigenvalue weighted by molar-refractivity contribution is -0.120. The smallest absolute Gasteiger partial charge is 0.226 e. The highest BCUT2D eigenvalue weighted by Gasteiger charge is 2.13. The molecule has 23 heavy (non-hydrogen) atoms. The molecule has 0 saturated heterocycles. The molecule has 3 aromatic rings. The van der Waals surface area contributed by atoms with Gasteiger partial charge in [0.2, 0.25) is 5.91 Å². The minimum atomic E-state index is -0.392. The number of halogens is 1. The van der Waals surface area contributed by atoms with Crippen molar-refractivity contribution in [1.82, 2.24) is 15.5 Å². The molecule has 0 saturated carbocycles. The fourth-order valence-corrected chi connectivity index (χ4v) is 2.11. The number of benzene rings is 1. The standard InChI is InChI=1S/C17H14FN3O2/c18-15-6-2-1-5-14(15)16-8-13(21-23-16)9-17(22)20-11-12-4-3-7-19-10-12/h1-8,10H,9,11H2,(H,20,22). The highest BCUT2D eigenvalue weighted by atomic mass is 19.1. The van der Waals surface area contributed by atoms with Gasteiger partial charge < -0.3 is 9.84 Å². The van der Waals surface area contributed by atoms with Crippen LogP contribution in [0.4, 0.5) is 4.39 Å². The Morgan fingerprint density at radius 2 is 2.09 bits per heavy atom. The third kappa shape index (κ3) is 3.79. The molecule has 1 amide bonds. The van der Waals surface area contributed by atoms with Gasteiger partial charge in [-0.25, -0.2) is 4.39 Å². The highest BCUT2D eigenvalue weighted by molar-refractivity contribution is 5.78. The number of carbonyl (C=O) groups excluding carboxylic acids is 1. The molecule has 116 valence electrons.